The van der Waals surface area contributed by atoms with E-state index in [-0.39, 0.29) is 5.56 Å². The van der Waals surface area contributed by atoms with Crippen LogP contribution in [-0.4, -0.2) is 27.7 Å². The monoisotopic (exact) mass is 388 g/mol. The maximum atomic E-state index is 13.5. The summed E-state index contributed by atoms with van der Waals surface area (Å²) in [5, 5.41) is 0. The number of rotatable bonds is 5. The molecule has 0 atom stereocenters. The normalized spacial score (nSPS) is 14.1. The number of hydrogen-bond acceptors (Lipinski definition) is 4. The molecule has 29 heavy (non-hydrogen) atoms. The molecule has 0 N–H and O–H groups in total. The summed E-state index contributed by atoms with van der Waals surface area (Å²) in [6.45, 7) is 8.47. The lowest BCUT2D eigenvalue weighted by Gasteiger charge is -2.38. The Balaban J connectivity index is 1.81. The van der Waals surface area contributed by atoms with E-state index < -0.39 is 0 Å². The highest BCUT2D eigenvalue weighted by Gasteiger charge is 2.27. The maximum Gasteiger partial charge on any atom is 0.259 e. The zero-order valence-electron chi connectivity index (χ0n) is 17.4. The van der Waals surface area contributed by atoms with Crippen molar-refractivity contribution in [3.8, 4) is 0 Å². The summed E-state index contributed by atoms with van der Waals surface area (Å²) in [4.78, 5) is 22.9. The van der Waals surface area contributed by atoms with Crippen molar-refractivity contribution < 1.29 is 0 Å². The van der Waals surface area contributed by atoms with Gasteiger partial charge in [-0.2, -0.15) is 0 Å². The van der Waals surface area contributed by atoms with Crippen LogP contribution in [0.3, 0.4) is 0 Å². The van der Waals surface area contributed by atoms with Gasteiger partial charge in [0.05, 0.1) is 19.0 Å². The molecule has 150 valence electrons. The third-order valence-corrected chi connectivity index (χ3v) is 5.45. The highest BCUT2D eigenvalue weighted by molar-refractivity contribution is 5.59. The van der Waals surface area contributed by atoms with Gasteiger partial charge in [-0.15, -0.1) is 0 Å². The smallest absolute Gasteiger partial charge is 0.259 e. The molecule has 0 radical (unpaired) electrons. The molecule has 2 heterocycles. The Morgan fingerprint density at radius 3 is 2.52 bits per heavy atom. The average molecular weight is 389 g/mol. The second-order valence-corrected chi connectivity index (χ2v) is 7.82. The number of hydrogen-bond donors (Lipinski definition) is 0. The minimum atomic E-state index is 0.0646. The summed E-state index contributed by atoms with van der Waals surface area (Å²) in [7, 11) is 0. The van der Waals surface area contributed by atoms with Crippen LogP contribution in [0.25, 0.3) is 0 Å². The molecule has 1 aliphatic heterocycles. The SMILES string of the molecule is CCCN1CN(c2cccc(C)c2)c2nc(C)c(Cc3ccccc3)c(=O)n2C1. The van der Waals surface area contributed by atoms with Gasteiger partial charge in [-0.3, -0.25) is 19.2 Å². The van der Waals surface area contributed by atoms with E-state index in [1.807, 2.05) is 29.7 Å². The molecule has 0 amide bonds. The van der Waals surface area contributed by atoms with Crippen LogP contribution in [0.15, 0.2) is 59.4 Å². The van der Waals surface area contributed by atoms with Gasteiger partial charge in [0.1, 0.15) is 0 Å². The van der Waals surface area contributed by atoms with Gasteiger partial charge < -0.3 is 0 Å². The minimum Gasteiger partial charge on any atom is -0.298 e. The first-order valence-corrected chi connectivity index (χ1v) is 10.3. The molecule has 0 spiro atoms. The molecule has 0 aliphatic carbocycles. The molecular weight excluding hydrogens is 360 g/mol. The van der Waals surface area contributed by atoms with Gasteiger partial charge in [-0.25, -0.2) is 4.98 Å². The van der Waals surface area contributed by atoms with E-state index in [2.05, 4.69) is 60.0 Å². The van der Waals surface area contributed by atoms with E-state index in [1.54, 1.807) is 0 Å². The molecule has 3 aromatic rings. The van der Waals surface area contributed by atoms with E-state index >= 15 is 0 Å². The molecule has 0 bridgehead atoms. The highest BCUT2D eigenvalue weighted by atomic mass is 16.1. The van der Waals surface area contributed by atoms with Gasteiger partial charge in [0.25, 0.3) is 5.56 Å². The quantitative estimate of drug-likeness (QED) is 0.656. The zero-order valence-corrected chi connectivity index (χ0v) is 17.4. The van der Waals surface area contributed by atoms with Crippen molar-refractivity contribution in [2.75, 3.05) is 18.1 Å². The molecule has 5 nitrogen and oxygen atoms in total. The van der Waals surface area contributed by atoms with Crippen molar-refractivity contribution >= 4 is 11.6 Å². The second kappa shape index (κ2) is 8.21. The van der Waals surface area contributed by atoms with E-state index in [4.69, 9.17) is 4.98 Å². The zero-order chi connectivity index (χ0) is 20.4. The maximum absolute atomic E-state index is 13.5. The Hall–Kier alpha value is -2.92. The molecule has 0 unspecified atom stereocenters. The van der Waals surface area contributed by atoms with Gasteiger partial charge in [-0.05, 0) is 43.5 Å². The number of nitrogens with zero attached hydrogens (tertiary/aromatic N) is 4. The Bertz CT molecular complexity index is 1060. The summed E-state index contributed by atoms with van der Waals surface area (Å²) in [6.07, 6.45) is 1.65. The lowest BCUT2D eigenvalue weighted by Crippen LogP contribution is -2.48. The number of anilines is 2. The number of aromatic nitrogens is 2. The van der Waals surface area contributed by atoms with Crippen LogP contribution < -0.4 is 10.5 Å². The van der Waals surface area contributed by atoms with Crippen molar-refractivity contribution in [3.63, 3.8) is 0 Å². The van der Waals surface area contributed by atoms with Crippen LogP contribution in [0.4, 0.5) is 11.6 Å². The van der Waals surface area contributed by atoms with Gasteiger partial charge >= 0.3 is 0 Å². The second-order valence-electron chi connectivity index (χ2n) is 7.82. The average Bonchev–Trinajstić information content (AvgIpc) is 2.72. The van der Waals surface area contributed by atoms with Crippen molar-refractivity contribution in [3.05, 3.63) is 87.3 Å². The highest BCUT2D eigenvalue weighted by Crippen LogP contribution is 2.28. The van der Waals surface area contributed by atoms with E-state index in [0.29, 0.717) is 13.1 Å². The molecule has 1 aromatic heterocycles. The Morgan fingerprint density at radius 1 is 1.00 bits per heavy atom. The third-order valence-electron chi connectivity index (χ3n) is 5.45. The Labute approximate surface area is 172 Å². The van der Waals surface area contributed by atoms with E-state index in [1.165, 1.54) is 5.56 Å². The molecule has 4 rings (SSSR count). The van der Waals surface area contributed by atoms with Crippen LogP contribution in [-0.2, 0) is 13.1 Å². The largest absolute Gasteiger partial charge is 0.298 e. The summed E-state index contributed by atoms with van der Waals surface area (Å²) >= 11 is 0. The molecule has 0 saturated heterocycles. The fourth-order valence-corrected chi connectivity index (χ4v) is 3.98. The minimum absolute atomic E-state index is 0.0646. The number of aryl methyl sites for hydroxylation is 2. The first-order valence-electron chi connectivity index (χ1n) is 10.3. The van der Waals surface area contributed by atoms with Gasteiger partial charge in [0.15, 0.2) is 0 Å². The third kappa shape index (κ3) is 3.96. The van der Waals surface area contributed by atoms with Crippen molar-refractivity contribution in [2.45, 2.75) is 40.3 Å². The lowest BCUT2D eigenvalue weighted by molar-refractivity contribution is 0.198. The van der Waals surface area contributed by atoms with Gasteiger partial charge in [0.2, 0.25) is 5.95 Å². The molecular formula is C24H28N4O. The summed E-state index contributed by atoms with van der Waals surface area (Å²) in [5.41, 5.74) is 5.05. The molecule has 0 saturated carbocycles. The Kier molecular flexibility index (Phi) is 5.49. The first-order chi connectivity index (χ1) is 14.1. The van der Waals surface area contributed by atoms with Crippen molar-refractivity contribution in [2.24, 2.45) is 0 Å². The number of benzene rings is 2. The fraction of sp³-hybridized carbons (Fsp3) is 0.333. The molecule has 1 aliphatic rings. The standard InChI is InChI=1S/C24H28N4O/c1-4-13-26-16-27(21-12-8-9-18(2)14-21)24-25-19(3)22(23(29)28(24)17-26)15-20-10-6-5-7-11-20/h5-12,14H,4,13,15-17H2,1-3H3. The van der Waals surface area contributed by atoms with Crippen molar-refractivity contribution in [1.29, 1.82) is 0 Å². The molecule has 2 aromatic carbocycles. The van der Waals surface area contributed by atoms with E-state index in [0.717, 1.165) is 48.1 Å². The first kappa shape index (κ1) is 19.4. The topological polar surface area (TPSA) is 41.4 Å². The summed E-state index contributed by atoms with van der Waals surface area (Å²) in [5.74, 6) is 0.738. The van der Waals surface area contributed by atoms with Crippen LogP contribution in [0.5, 0.6) is 0 Å². The van der Waals surface area contributed by atoms with E-state index in [9.17, 15) is 4.79 Å². The molecule has 5 heteroatoms. The number of fused-ring (bicyclic) bond motifs is 1. The van der Waals surface area contributed by atoms with Crippen LogP contribution in [0, 0.1) is 13.8 Å². The summed E-state index contributed by atoms with van der Waals surface area (Å²) in [6, 6.07) is 18.5. The van der Waals surface area contributed by atoms with Crippen molar-refractivity contribution in [1.82, 2.24) is 14.5 Å². The fourth-order valence-electron chi connectivity index (χ4n) is 3.98. The summed E-state index contributed by atoms with van der Waals surface area (Å²) < 4.78 is 1.84. The van der Waals surface area contributed by atoms with Crippen LogP contribution >= 0.6 is 0 Å². The predicted octanol–water partition coefficient (Wildman–Crippen LogP) is 4.23. The lowest BCUT2D eigenvalue weighted by atomic mass is 10.1. The van der Waals surface area contributed by atoms with Crippen LogP contribution in [0.2, 0.25) is 0 Å². The predicted molar refractivity (Wildman–Crippen MR) is 118 cm³/mol. The van der Waals surface area contributed by atoms with Gasteiger partial charge in [0, 0.05) is 24.2 Å². The van der Waals surface area contributed by atoms with Gasteiger partial charge in [-0.1, -0.05) is 49.4 Å². The molecule has 0 fully saturated rings. The Morgan fingerprint density at radius 2 is 1.79 bits per heavy atom. The van der Waals surface area contributed by atoms with Crippen LogP contribution in [0.1, 0.15) is 35.7 Å².